The van der Waals surface area contributed by atoms with Crippen LogP contribution in [0.25, 0.3) is 0 Å². The Morgan fingerprint density at radius 2 is 2.31 bits per heavy atom. The van der Waals surface area contributed by atoms with Gasteiger partial charge in [0.15, 0.2) is 5.17 Å². The van der Waals surface area contributed by atoms with Crippen molar-refractivity contribution in [2.75, 3.05) is 5.75 Å². The third kappa shape index (κ3) is 7.09. The van der Waals surface area contributed by atoms with Crippen molar-refractivity contribution < 1.29 is 0 Å². The molecule has 0 bridgehead atoms. The van der Waals surface area contributed by atoms with Gasteiger partial charge in [0.25, 0.3) is 0 Å². The number of hydrogen-bond donors (Lipinski definition) is 3. The van der Waals surface area contributed by atoms with Gasteiger partial charge in [-0.05, 0) is 0 Å². The van der Waals surface area contributed by atoms with E-state index >= 15 is 0 Å². The highest BCUT2D eigenvalue weighted by Gasteiger charge is 1.95. The Morgan fingerprint density at radius 1 is 1.62 bits per heavy atom. The molecule has 1 heterocycles. The number of nitrogens with one attached hydrogen (secondary N) is 2. The Bertz CT molecular complexity index is 227. The zero-order valence-corrected chi connectivity index (χ0v) is 11.1. The number of nitrogens with zero attached hydrogens (tertiary/aromatic N) is 1. The number of thioether (sulfide) groups is 1. The molecular weight excluding hydrogens is 320 g/mol. The standard InChI is InChI=1S/C6H10N4S.2BrH/c7-6(8)11-4-1-5-9-2-3-10-5;;/h2-3H,1,4H2,(H3,7,8)(H,9,10);2*1H. The molecule has 0 aliphatic heterocycles. The number of imidazole rings is 1. The highest BCUT2D eigenvalue weighted by atomic mass is 79.9. The predicted molar refractivity (Wildman–Crippen MR) is 67.3 cm³/mol. The molecular formula is C6H12Br2N4S. The van der Waals surface area contributed by atoms with E-state index in [4.69, 9.17) is 11.1 Å². The molecule has 1 aromatic heterocycles. The molecule has 4 nitrogen and oxygen atoms in total. The van der Waals surface area contributed by atoms with E-state index in [0.29, 0.717) is 0 Å². The summed E-state index contributed by atoms with van der Waals surface area (Å²) in [4.78, 5) is 7.01. The lowest BCUT2D eigenvalue weighted by Gasteiger charge is -1.94. The monoisotopic (exact) mass is 330 g/mol. The number of rotatable bonds is 3. The van der Waals surface area contributed by atoms with Crippen LogP contribution in [0.1, 0.15) is 5.82 Å². The molecule has 13 heavy (non-hydrogen) atoms. The Labute approximate surface area is 102 Å². The summed E-state index contributed by atoms with van der Waals surface area (Å²) in [6.07, 6.45) is 4.33. The predicted octanol–water partition coefficient (Wildman–Crippen LogP) is 1.73. The van der Waals surface area contributed by atoms with Crippen LogP contribution in [0.4, 0.5) is 0 Å². The van der Waals surface area contributed by atoms with Gasteiger partial charge in [-0.3, -0.25) is 5.41 Å². The number of aromatic nitrogens is 2. The summed E-state index contributed by atoms with van der Waals surface area (Å²) in [5.41, 5.74) is 5.15. The van der Waals surface area contributed by atoms with Crippen molar-refractivity contribution in [2.45, 2.75) is 6.42 Å². The molecule has 0 atom stereocenters. The Kier molecular flexibility index (Phi) is 10.2. The van der Waals surface area contributed by atoms with Gasteiger partial charge in [0.2, 0.25) is 0 Å². The van der Waals surface area contributed by atoms with E-state index in [-0.39, 0.29) is 39.1 Å². The Balaban J connectivity index is 0. The fourth-order valence-electron chi connectivity index (χ4n) is 0.692. The average molecular weight is 332 g/mol. The molecule has 0 saturated carbocycles. The zero-order valence-electron chi connectivity index (χ0n) is 6.82. The molecule has 76 valence electrons. The molecule has 0 spiro atoms. The van der Waals surface area contributed by atoms with Gasteiger partial charge in [0.1, 0.15) is 5.82 Å². The lowest BCUT2D eigenvalue weighted by Crippen LogP contribution is -2.05. The van der Waals surface area contributed by atoms with Crippen LogP contribution < -0.4 is 5.73 Å². The number of amidine groups is 1. The van der Waals surface area contributed by atoms with Crippen molar-refractivity contribution in [2.24, 2.45) is 5.73 Å². The van der Waals surface area contributed by atoms with E-state index < -0.39 is 0 Å². The van der Waals surface area contributed by atoms with Crippen LogP contribution in [0.2, 0.25) is 0 Å². The van der Waals surface area contributed by atoms with Crippen molar-refractivity contribution in [3.63, 3.8) is 0 Å². The van der Waals surface area contributed by atoms with Crippen LogP contribution in [0.5, 0.6) is 0 Å². The normalized spacial score (nSPS) is 8.31. The fraction of sp³-hybridized carbons (Fsp3) is 0.333. The molecule has 0 amide bonds. The van der Waals surface area contributed by atoms with Gasteiger partial charge in [0, 0.05) is 24.6 Å². The van der Waals surface area contributed by atoms with E-state index in [1.807, 2.05) is 0 Å². The van der Waals surface area contributed by atoms with Crippen molar-refractivity contribution >= 4 is 50.9 Å². The molecule has 0 aliphatic rings. The van der Waals surface area contributed by atoms with Gasteiger partial charge >= 0.3 is 0 Å². The average Bonchev–Trinajstić information content (AvgIpc) is 2.39. The number of H-pyrrole nitrogens is 1. The second-order valence-electron chi connectivity index (χ2n) is 2.00. The van der Waals surface area contributed by atoms with Crippen LogP contribution >= 0.6 is 45.7 Å². The van der Waals surface area contributed by atoms with Gasteiger partial charge in [-0.25, -0.2) is 4.98 Å². The van der Waals surface area contributed by atoms with Crippen LogP contribution in [-0.2, 0) is 6.42 Å². The molecule has 7 heteroatoms. The minimum absolute atomic E-state index is 0. The van der Waals surface area contributed by atoms with Crippen molar-refractivity contribution in [3.8, 4) is 0 Å². The maximum absolute atomic E-state index is 6.93. The summed E-state index contributed by atoms with van der Waals surface area (Å²) >= 11 is 1.33. The first-order chi connectivity index (χ1) is 5.29. The number of hydrogen-bond acceptors (Lipinski definition) is 3. The maximum atomic E-state index is 6.93. The first-order valence-corrected chi connectivity index (χ1v) is 4.22. The van der Waals surface area contributed by atoms with Gasteiger partial charge in [-0.15, -0.1) is 34.0 Å². The van der Waals surface area contributed by atoms with Crippen LogP contribution in [-0.4, -0.2) is 20.9 Å². The van der Waals surface area contributed by atoms with E-state index in [2.05, 4.69) is 9.97 Å². The van der Waals surface area contributed by atoms with Gasteiger partial charge in [-0.2, -0.15) is 0 Å². The lowest BCUT2D eigenvalue weighted by atomic mass is 10.5. The summed E-state index contributed by atoms with van der Waals surface area (Å²) in [6, 6.07) is 0. The molecule has 1 aromatic rings. The molecule has 0 radical (unpaired) electrons. The van der Waals surface area contributed by atoms with Crippen molar-refractivity contribution in [1.82, 2.24) is 9.97 Å². The first kappa shape index (κ1) is 15.5. The van der Waals surface area contributed by atoms with Crippen molar-refractivity contribution in [3.05, 3.63) is 18.2 Å². The topological polar surface area (TPSA) is 78.6 Å². The largest absolute Gasteiger partial charge is 0.379 e. The van der Waals surface area contributed by atoms with Gasteiger partial charge in [0.05, 0.1) is 0 Å². The summed E-state index contributed by atoms with van der Waals surface area (Å²) in [5, 5.41) is 7.10. The number of aryl methyl sites for hydroxylation is 1. The number of nitrogens with two attached hydrogens (primary N) is 1. The fourth-order valence-corrected chi connectivity index (χ4v) is 1.21. The molecule has 0 fully saturated rings. The third-order valence-electron chi connectivity index (χ3n) is 1.15. The lowest BCUT2D eigenvalue weighted by molar-refractivity contribution is 1.00. The third-order valence-corrected chi connectivity index (χ3v) is 1.87. The summed E-state index contributed by atoms with van der Waals surface area (Å²) < 4.78 is 0. The van der Waals surface area contributed by atoms with Crippen LogP contribution in [0.3, 0.4) is 0 Å². The molecule has 0 saturated heterocycles. The number of aromatic amines is 1. The van der Waals surface area contributed by atoms with Gasteiger partial charge in [-0.1, -0.05) is 11.8 Å². The van der Waals surface area contributed by atoms with Crippen LogP contribution in [0.15, 0.2) is 12.4 Å². The highest BCUT2D eigenvalue weighted by molar-refractivity contribution is 8.93. The molecule has 0 aliphatic carbocycles. The summed E-state index contributed by atoms with van der Waals surface area (Å²) in [5.74, 6) is 1.75. The van der Waals surface area contributed by atoms with E-state index in [1.54, 1.807) is 12.4 Å². The Morgan fingerprint density at radius 3 is 2.77 bits per heavy atom. The van der Waals surface area contributed by atoms with Crippen LogP contribution in [0, 0.1) is 5.41 Å². The highest BCUT2D eigenvalue weighted by Crippen LogP contribution is 2.01. The zero-order chi connectivity index (χ0) is 8.10. The molecule has 1 rings (SSSR count). The quantitative estimate of drug-likeness (QED) is 0.583. The van der Waals surface area contributed by atoms with E-state index in [0.717, 1.165) is 18.0 Å². The number of halogens is 2. The second-order valence-corrected chi connectivity index (χ2v) is 3.14. The van der Waals surface area contributed by atoms with E-state index in [9.17, 15) is 0 Å². The second kappa shape index (κ2) is 8.58. The smallest absolute Gasteiger partial charge is 0.151 e. The minimum atomic E-state index is 0. The Hall–Kier alpha value is -0.0100. The van der Waals surface area contributed by atoms with Gasteiger partial charge < -0.3 is 10.7 Å². The minimum Gasteiger partial charge on any atom is -0.379 e. The molecule has 4 N–H and O–H groups in total. The first-order valence-electron chi connectivity index (χ1n) is 3.24. The maximum Gasteiger partial charge on any atom is 0.151 e. The molecule has 0 aromatic carbocycles. The molecule has 0 unspecified atom stereocenters. The van der Waals surface area contributed by atoms with Crippen molar-refractivity contribution in [1.29, 1.82) is 5.41 Å². The SMILES string of the molecule is Br.Br.N=C(N)SCCc1ncc[nH]1. The summed E-state index contributed by atoms with van der Waals surface area (Å²) in [6.45, 7) is 0. The van der Waals surface area contributed by atoms with E-state index in [1.165, 1.54) is 11.8 Å². The summed E-state index contributed by atoms with van der Waals surface area (Å²) in [7, 11) is 0.